The minimum atomic E-state index is -0.720. The molecule has 0 aromatic heterocycles. The van der Waals surface area contributed by atoms with E-state index in [4.69, 9.17) is 19.3 Å². The predicted octanol–water partition coefficient (Wildman–Crippen LogP) is 23.5. The van der Waals surface area contributed by atoms with Crippen molar-refractivity contribution in [2.24, 2.45) is 17.8 Å². The highest BCUT2D eigenvalue weighted by Crippen LogP contribution is 2.44. The van der Waals surface area contributed by atoms with Crippen LogP contribution in [0.1, 0.15) is 231 Å². The van der Waals surface area contributed by atoms with Crippen LogP contribution in [0.5, 0.6) is 0 Å². The van der Waals surface area contributed by atoms with Crippen LogP contribution in [0.2, 0.25) is 44.8 Å². The molecular formula is C87H148O12Si2. The molecule has 1 aliphatic rings. The summed E-state index contributed by atoms with van der Waals surface area (Å²) in [5, 5.41) is 8.70. The van der Waals surface area contributed by atoms with Gasteiger partial charge in [0.2, 0.25) is 0 Å². The number of allylic oxidation sites excluding steroid dienone is 1. The van der Waals surface area contributed by atoms with Crippen LogP contribution >= 0.6 is 0 Å². The molecule has 0 heterocycles. The monoisotopic (exact) mass is 1440 g/mol. The lowest BCUT2D eigenvalue weighted by Crippen LogP contribution is -2.21. The van der Waals surface area contributed by atoms with E-state index in [0.717, 1.165) is 48.6 Å². The maximum atomic E-state index is 11.0. The molecule has 0 saturated carbocycles. The van der Waals surface area contributed by atoms with Gasteiger partial charge >= 0.3 is 29.8 Å². The summed E-state index contributed by atoms with van der Waals surface area (Å²) in [4.78, 5) is 61.2. The summed E-state index contributed by atoms with van der Waals surface area (Å²) in [7, 11) is -1.15. The minimum absolute atomic E-state index is 0.143. The van der Waals surface area contributed by atoms with Crippen molar-refractivity contribution in [3.63, 3.8) is 0 Å². The molecule has 12 nitrogen and oxygen atoms in total. The average Bonchev–Trinajstić information content (AvgIpc) is 1.62. The number of Topliss-reactive ketones (excluding diaryl/α,β-unsaturated/α-hetero) is 1. The molecule has 0 amide bonds. The van der Waals surface area contributed by atoms with Crippen LogP contribution in [0.3, 0.4) is 0 Å². The first-order chi connectivity index (χ1) is 47.6. The number of ketones is 1. The van der Waals surface area contributed by atoms with E-state index in [1.54, 1.807) is 0 Å². The Balaban J connectivity index is -0.000000159. The Hall–Kier alpha value is -7.01. The third-order valence-electron chi connectivity index (χ3n) is 12.2. The zero-order valence-corrected chi connectivity index (χ0v) is 71.4. The number of benzene rings is 5. The van der Waals surface area contributed by atoms with Crippen molar-refractivity contribution >= 4 is 52.5 Å². The van der Waals surface area contributed by atoms with Crippen LogP contribution in [0.25, 0.3) is 11.1 Å². The normalized spacial score (nSPS) is 9.67. The number of fused-ring (bicyclic) bond motifs is 3. The summed E-state index contributed by atoms with van der Waals surface area (Å²) in [6.07, 6.45) is 11.6. The van der Waals surface area contributed by atoms with Gasteiger partial charge in [-0.05, 0) is 102 Å². The van der Waals surface area contributed by atoms with Crippen LogP contribution in [-0.4, -0.2) is 84.0 Å². The predicted molar refractivity (Wildman–Crippen MR) is 441 cm³/mol. The lowest BCUT2D eigenvalue weighted by molar-refractivity contribution is -0.143. The molecule has 0 radical (unpaired) electrons. The first kappa shape index (κ1) is 110. The summed E-state index contributed by atoms with van der Waals surface area (Å²) in [6.45, 7) is 65.2. The number of carbonyl (C=O) groups is 6. The average molecular weight is 1440 g/mol. The molecule has 0 fully saturated rings. The van der Waals surface area contributed by atoms with Crippen molar-refractivity contribution in [2.45, 2.75) is 268 Å². The van der Waals surface area contributed by atoms with Crippen molar-refractivity contribution < 1.29 is 57.6 Å². The van der Waals surface area contributed by atoms with Crippen molar-refractivity contribution in [3.05, 3.63) is 192 Å². The summed E-state index contributed by atoms with van der Waals surface area (Å²) < 4.78 is 23.9. The summed E-state index contributed by atoms with van der Waals surface area (Å²) in [6, 6.07) is 47.4. The van der Waals surface area contributed by atoms with Gasteiger partial charge in [-0.1, -0.05) is 327 Å². The molecule has 6 rings (SSSR count). The van der Waals surface area contributed by atoms with E-state index in [-0.39, 0.29) is 48.2 Å². The maximum Gasteiger partial charge on any atom is 0.302 e. The van der Waals surface area contributed by atoms with Gasteiger partial charge in [0, 0.05) is 57.4 Å². The Labute approximate surface area is 622 Å². The van der Waals surface area contributed by atoms with Gasteiger partial charge in [0.05, 0.1) is 19.8 Å². The molecule has 0 atom stereocenters. The highest BCUT2D eigenvalue weighted by atomic mass is 28.3. The summed E-state index contributed by atoms with van der Waals surface area (Å²) in [5.41, 5.74) is 9.74. The van der Waals surface area contributed by atoms with Crippen LogP contribution in [0.4, 0.5) is 0 Å². The number of aryl methyl sites for hydroxylation is 2. The van der Waals surface area contributed by atoms with E-state index in [0.29, 0.717) is 39.0 Å². The van der Waals surface area contributed by atoms with E-state index in [2.05, 4.69) is 173 Å². The fourth-order valence-corrected chi connectivity index (χ4v) is 11.0. The second-order valence-electron chi connectivity index (χ2n) is 25.8. The summed E-state index contributed by atoms with van der Waals surface area (Å²) in [5.74, 6) is 1.48. The molecule has 0 bridgehead atoms. The molecule has 0 saturated heterocycles. The van der Waals surface area contributed by atoms with Crippen molar-refractivity contribution in [1.82, 2.24) is 0 Å². The first-order valence-corrected chi connectivity index (χ1v) is 43.8. The van der Waals surface area contributed by atoms with Crippen LogP contribution in [0.15, 0.2) is 159 Å². The molecule has 0 spiro atoms. The van der Waals surface area contributed by atoms with E-state index < -0.39 is 16.9 Å². The van der Waals surface area contributed by atoms with Gasteiger partial charge in [-0.2, -0.15) is 0 Å². The largest absolute Gasteiger partial charge is 0.466 e. The standard InChI is InChI=1S/C16H14O2.C9H10O2.C9H12O.C8H10.C7H16O2Si.C7H18Si.C6H12O2.C5H8O2.C5H12.C5H10.C3H6O.C3H8.2C2H6/c1-11(17)18-10-16-14-8-4-2-6-12(14)13-7-3-5-9-15(13)16;1-8(10)11-7-9-5-3-2-4-6-9;1-2-8-3-5-9(7-10)6-4-8;1-2-8-6-4-3-5-7-8;1-7(8)9-5-4-6-10(2)3;1-7(2)6-8(3,4)5;1-5(2)4-8-6(3)7;1-3-4-7-5(2)6;1-4-5(2)3;1-3-5-4-2;1-3(2)4;1-3-2;2*1-2/h2-9,16H,10H2,1H3;2-6H,7H2,1H3;3-6,10H,2,7H2,1H3;3-7H,2H2,1H3;10H,4-6H2,1-3H3;7H,6H2,1-5H3;5H,4H2,1-3H3;3H,1,4H2,2H3;5H,4H2,1-3H3;3H,1,4-5H2,2H3;1-2H3;3H2,1-2H3;2*1-2H3. The van der Waals surface area contributed by atoms with E-state index in [1.165, 1.54) is 119 Å². The lowest BCUT2D eigenvalue weighted by atomic mass is 9.98. The number of hydrogen-bond acceptors (Lipinski definition) is 12. The van der Waals surface area contributed by atoms with Crippen LogP contribution in [-0.2, 0) is 78.5 Å². The molecule has 14 heteroatoms. The molecule has 5 aromatic rings. The number of aliphatic hydroxyl groups excluding tert-OH is 1. The molecule has 1 N–H and O–H groups in total. The molecular weight excluding hydrogens is 1290 g/mol. The highest BCUT2D eigenvalue weighted by molar-refractivity contribution is 6.76. The van der Waals surface area contributed by atoms with Gasteiger partial charge in [0.15, 0.2) is 0 Å². The Bertz CT molecular complexity index is 2630. The van der Waals surface area contributed by atoms with Crippen LogP contribution in [0, 0.1) is 17.8 Å². The van der Waals surface area contributed by atoms with Crippen molar-refractivity contribution in [3.8, 4) is 11.1 Å². The molecule has 576 valence electrons. The Morgan fingerprint density at radius 2 is 0.861 bits per heavy atom. The third-order valence-corrected chi connectivity index (χ3v) is 15.8. The Kier molecular flexibility index (Phi) is 85.7. The number of rotatable bonds is 20. The first-order valence-electron chi connectivity index (χ1n) is 36.9. The number of esters is 5. The SMILES string of the molecule is C=CCCC.C=CCOC(C)=O.CC.CC.CC(=O)OCC(C)C.CC(=O)OCC1c2ccccc2-c2ccccc21.CC(=O)OCCC[SiH](C)C.CC(=O)OCc1ccccc1.CC(C)=O.CC(C)C[Si](C)(C)C.CCC.CCC(C)C.CCc1ccc(CO)cc1.CCc1ccccc1. The fraction of sp³-hybridized carbons (Fsp3) is 0.540. The molecule has 1 aliphatic carbocycles. The molecule has 0 unspecified atom stereocenters. The summed E-state index contributed by atoms with van der Waals surface area (Å²) >= 11 is 0. The topological polar surface area (TPSA) is 169 Å². The fourth-order valence-electron chi connectivity index (χ4n) is 7.59. The Morgan fingerprint density at radius 3 is 1.12 bits per heavy atom. The lowest BCUT2D eigenvalue weighted by Gasteiger charge is -2.17. The Morgan fingerprint density at radius 1 is 0.495 bits per heavy atom. The molecule has 0 aliphatic heterocycles. The second-order valence-corrected chi connectivity index (χ2v) is 34.7. The van der Waals surface area contributed by atoms with Crippen molar-refractivity contribution in [2.75, 3.05) is 26.4 Å². The molecule has 5 aromatic carbocycles. The number of unbranched alkanes of at least 4 members (excludes halogenated alkanes) is 1. The maximum absolute atomic E-state index is 11.0. The second kappa shape index (κ2) is 78.7. The van der Waals surface area contributed by atoms with Gasteiger partial charge in [-0.25, -0.2) is 0 Å². The van der Waals surface area contributed by atoms with Gasteiger partial charge in [-0.3, -0.25) is 24.0 Å². The van der Waals surface area contributed by atoms with Gasteiger partial charge in [-0.15, -0.1) is 6.58 Å². The van der Waals surface area contributed by atoms with Gasteiger partial charge in [0.1, 0.15) is 25.6 Å². The highest BCUT2D eigenvalue weighted by Gasteiger charge is 2.28. The number of ether oxygens (including phenoxy) is 5. The van der Waals surface area contributed by atoms with E-state index in [9.17, 15) is 28.8 Å². The van der Waals surface area contributed by atoms with Crippen LogP contribution < -0.4 is 0 Å². The van der Waals surface area contributed by atoms with Gasteiger partial charge < -0.3 is 33.6 Å². The van der Waals surface area contributed by atoms with E-state index in [1.807, 2.05) is 133 Å². The number of hydrogen-bond donors (Lipinski definition) is 1. The third kappa shape index (κ3) is 87.2. The smallest absolute Gasteiger partial charge is 0.302 e. The van der Waals surface area contributed by atoms with E-state index >= 15 is 0 Å². The zero-order valence-electron chi connectivity index (χ0n) is 69.2. The van der Waals surface area contributed by atoms with Gasteiger partial charge in [0.25, 0.3) is 0 Å². The molecule has 101 heavy (non-hydrogen) atoms. The number of aliphatic hydroxyl groups is 1. The van der Waals surface area contributed by atoms with Crippen molar-refractivity contribution in [1.29, 1.82) is 0 Å². The quantitative estimate of drug-likeness (QED) is 0.0258. The number of carbonyl (C=O) groups excluding carboxylic acids is 6. The minimum Gasteiger partial charge on any atom is -0.466 e. The zero-order chi connectivity index (χ0) is 79.6.